The highest BCUT2D eigenvalue weighted by Gasteiger charge is 2.47. The molecule has 0 bridgehead atoms. The van der Waals surface area contributed by atoms with Crippen molar-refractivity contribution >= 4 is 0 Å². The Morgan fingerprint density at radius 3 is 3.10 bits per heavy atom. The van der Waals surface area contributed by atoms with Crippen molar-refractivity contribution < 1.29 is 14.6 Å². The fourth-order valence-corrected chi connectivity index (χ4v) is 4.32. The van der Waals surface area contributed by atoms with Crippen molar-refractivity contribution in [1.29, 1.82) is 0 Å². The third-order valence-electron chi connectivity index (χ3n) is 5.43. The van der Waals surface area contributed by atoms with Gasteiger partial charge in [0, 0.05) is 31.0 Å². The number of nitrogens with zero attached hydrogens (tertiary/aromatic N) is 1. The van der Waals surface area contributed by atoms with Gasteiger partial charge >= 0.3 is 0 Å². The van der Waals surface area contributed by atoms with Crippen molar-refractivity contribution in [3.05, 3.63) is 23.8 Å². The van der Waals surface area contributed by atoms with E-state index >= 15 is 0 Å². The molecule has 1 spiro atoms. The molecule has 0 amide bonds. The molecule has 4 rings (SSSR count). The molecule has 0 aromatic heterocycles. The molecule has 2 saturated heterocycles. The van der Waals surface area contributed by atoms with Gasteiger partial charge in [0.25, 0.3) is 0 Å². The van der Waals surface area contributed by atoms with Crippen LogP contribution in [-0.4, -0.2) is 41.8 Å². The zero-order chi connectivity index (χ0) is 14.4. The van der Waals surface area contributed by atoms with Crippen molar-refractivity contribution in [2.75, 3.05) is 20.2 Å². The molecule has 0 saturated carbocycles. The second-order valence-corrected chi connectivity index (χ2v) is 6.69. The lowest BCUT2D eigenvalue weighted by Crippen LogP contribution is -2.52. The van der Waals surface area contributed by atoms with Crippen LogP contribution in [0, 0.1) is 0 Å². The van der Waals surface area contributed by atoms with Crippen molar-refractivity contribution in [3.8, 4) is 11.5 Å². The minimum Gasteiger partial charge on any atom is -0.497 e. The zero-order valence-corrected chi connectivity index (χ0v) is 12.5. The van der Waals surface area contributed by atoms with Crippen LogP contribution >= 0.6 is 0 Å². The van der Waals surface area contributed by atoms with Gasteiger partial charge in [0.2, 0.25) is 0 Å². The Labute approximate surface area is 125 Å². The largest absolute Gasteiger partial charge is 0.497 e. The molecule has 114 valence electrons. The molecule has 21 heavy (non-hydrogen) atoms. The van der Waals surface area contributed by atoms with Gasteiger partial charge in [-0.25, -0.2) is 0 Å². The summed E-state index contributed by atoms with van der Waals surface area (Å²) in [6.07, 6.45) is 4.91. The molecule has 2 fully saturated rings. The molecule has 3 heterocycles. The van der Waals surface area contributed by atoms with Crippen LogP contribution < -0.4 is 9.47 Å². The van der Waals surface area contributed by atoms with Crippen LogP contribution in [0.5, 0.6) is 11.5 Å². The second-order valence-electron chi connectivity index (χ2n) is 6.69. The molecular weight excluding hydrogens is 266 g/mol. The Kier molecular flexibility index (Phi) is 3.12. The van der Waals surface area contributed by atoms with Crippen molar-refractivity contribution in [2.24, 2.45) is 0 Å². The van der Waals surface area contributed by atoms with Gasteiger partial charge in [-0.1, -0.05) is 0 Å². The van der Waals surface area contributed by atoms with Crippen molar-refractivity contribution in [3.63, 3.8) is 0 Å². The summed E-state index contributed by atoms with van der Waals surface area (Å²) in [7, 11) is 1.65. The van der Waals surface area contributed by atoms with Gasteiger partial charge in [-0.3, -0.25) is 0 Å². The van der Waals surface area contributed by atoms with E-state index < -0.39 is 6.10 Å². The highest BCUT2D eigenvalue weighted by Crippen LogP contribution is 2.47. The van der Waals surface area contributed by atoms with Crippen LogP contribution in [0.25, 0.3) is 0 Å². The molecule has 3 atom stereocenters. The first-order valence-electron chi connectivity index (χ1n) is 7.98. The van der Waals surface area contributed by atoms with Crippen LogP contribution in [0.2, 0.25) is 0 Å². The van der Waals surface area contributed by atoms with E-state index in [1.807, 2.05) is 18.2 Å². The number of rotatable bonds is 1. The van der Waals surface area contributed by atoms with E-state index in [-0.39, 0.29) is 5.60 Å². The van der Waals surface area contributed by atoms with E-state index in [0.29, 0.717) is 12.5 Å². The van der Waals surface area contributed by atoms with Gasteiger partial charge in [0.1, 0.15) is 17.1 Å². The number of fused-ring (bicyclic) bond motifs is 2. The molecular formula is C17H23NO3. The van der Waals surface area contributed by atoms with Crippen LogP contribution in [-0.2, 0) is 0 Å². The maximum absolute atomic E-state index is 10.6. The molecule has 0 radical (unpaired) electrons. The highest BCUT2D eigenvalue weighted by molar-refractivity contribution is 5.43. The van der Waals surface area contributed by atoms with E-state index in [4.69, 9.17) is 9.47 Å². The van der Waals surface area contributed by atoms with Crippen molar-refractivity contribution in [2.45, 2.75) is 49.9 Å². The molecule has 4 nitrogen and oxygen atoms in total. The van der Waals surface area contributed by atoms with Gasteiger partial charge in [-0.05, 0) is 44.0 Å². The van der Waals surface area contributed by atoms with Crippen LogP contribution in [0.3, 0.4) is 0 Å². The van der Waals surface area contributed by atoms with E-state index in [9.17, 15) is 5.11 Å². The molecule has 0 aliphatic carbocycles. The number of hydrogen-bond donors (Lipinski definition) is 1. The highest BCUT2D eigenvalue weighted by atomic mass is 16.5. The number of benzene rings is 1. The predicted octanol–water partition coefficient (Wildman–Crippen LogP) is 2.51. The first kappa shape index (κ1) is 13.4. The van der Waals surface area contributed by atoms with Gasteiger partial charge in [0.15, 0.2) is 0 Å². The molecule has 3 aliphatic heterocycles. The molecule has 1 aromatic rings. The summed E-state index contributed by atoms with van der Waals surface area (Å²) in [4.78, 5) is 2.59. The summed E-state index contributed by atoms with van der Waals surface area (Å²) in [5, 5.41) is 10.6. The monoisotopic (exact) mass is 289 g/mol. The third-order valence-corrected chi connectivity index (χ3v) is 5.43. The molecule has 1 N–H and O–H groups in total. The van der Waals surface area contributed by atoms with Gasteiger partial charge in [-0.2, -0.15) is 0 Å². The first-order valence-corrected chi connectivity index (χ1v) is 7.98. The maximum Gasteiger partial charge on any atom is 0.126 e. The Bertz CT molecular complexity index is 547. The summed E-state index contributed by atoms with van der Waals surface area (Å²) >= 11 is 0. The Hall–Kier alpha value is -1.26. The third kappa shape index (κ3) is 2.21. The average molecular weight is 289 g/mol. The Morgan fingerprint density at radius 2 is 2.24 bits per heavy atom. The Balaban J connectivity index is 1.62. The van der Waals surface area contributed by atoms with E-state index in [1.54, 1.807) is 7.11 Å². The summed E-state index contributed by atoms with van der Waals surface area (Å²) in [6.45, 7) is 2.33. The molecule has 3 unspecified atom stereocenters. The number of ether oxygens (including phenoxy) is 2. The lowest BCUT2D eigenvalue weighted by molar-refractivity contribution is -0.0646. The SMILES string of the molecule is COc1ccc2c(c1)C(O)CC1(CCN3CCCC3C1)O2. The van der Waals surface area contributed by atoms with Crippen LogP contribution in [0.1, 0.15) is 43.8 Å². The van der Waals surface area contributed by atoms with Crippen LogP contribution in [0.4, 0.5) is 0 Å². The van der Waals surface area contributed by atoms with Gasteiger partial charge in [0.05, 0.1) is 13.2 Å². The summed E-state index contributed by atoms with van der Waals surface area (Å²) in [6, 6.07) is 6.40. The van der Waals surface area contributed by atoms with E-state index in [2.05, 4.69) is 4.90 Å². The standard InChI is InChI=1S/C17H23NO3/c1-20-13-4-5-16-14(9-13)15(19)11-17(21-16)6-8-18-7-2-3-12(18)10-17/h4-5,9,12,15,19H,2-3,6-8,10-11H2,1H3. The summed E-state index contributed by atoms with van der Waals surface area (Å²) < 4.78 is 11.6. The smallest absolute Gasteiger partial charge is 0.126 e. The zero-order valence-electron chi connectivity index (χ0n) is 12.5. The average Bonchev–Trinajstić information content (AvgIpc) is 2.94. The summed E-state index contributed by atoms with van der Waals surface area (Å²) in [5.74, 6) is 1.61. The normalized spacial score (nSPS) is 35.1. The second kappa shape index (κ2) is 4.89. The minimum atomic E-state index is -0.447. The fraction of sp³-hybridized carbons (Fsp3) is 0.647. The summed E-state index contributed by atoms with van der Waals surface area (Å²) in [5.41, 5.74) is 0.695. The molecule has 1 aromatic carbocycles. The van der Waals surface area contributed by atoms with E-state index in [0.717, 1.165) is 36.4 Å². The van der Waals surface area contributed by atoms with Gasteiger partial charge in [-0.15, -0.1) is 0 Å². The number of aliphatic hydroxyl groups is 1. The molecule has 4 heteroatoms. The topological polar surface area (TPSA) is 41.9 Å². The number of aliphatic hydroxyl groups excluding tert-OH is 1. The van der Waals surface area contributed by atoms with Gasteiger partial charge < -0.3 is 19.5 Å². The lowest BCUT2D eigenvalue weighted by Gasteiger charge is -2.47. The van der Waals surface area contributed by atoms with Crippen LogP contribution in [0.15, 0.2) is 18.2 Å². The number of methoxy groups -OCH3 is 1. The Morgan fingerprint density at radius 1 is 1.33 bits per heavy atom. The number of hydrogen-bond acceptors (Lipinski definition) is 4. The fourth-order valence-electron chi connectivity index (χ4n) is 4.32. The quantitative estimate of drug-likeness (QED) is 0.862. The number of piperidine rings is 1. The predicted molar refractivity (Wildman–Crippen MR) is 79.8 cm³/mol. The minimum absolute atomic E-state index is 0.174. The molecule has 3 aliphatic rings. The van der Waals surface area contributed by atoms with E-state index in [1.165, 1.54) is 19.4 Å². The first-order chi connectivity index (χ1) is 10.2. The maximum atomic E-state index is 10.6. The van der Waals surface area contributed by atoms with Crippen molar-refractivity contribution in [1.82, 2.24) is 4.90 Å². The lowest BCUT2D eigenvalue weighted by atomic mass is 9.79.